The van der Waals surface area contributed by atoms with Gasteiger partial charge < -0.3 is 11.1 Å². The van der Waals surface area contributed by atoms with Gasteiger partial charge in [0.05, 0.1) is 11.7 Å². The highest BCUT2D eigenvalue weighted by Gasteiger charge is 2.39. The molecule has 0 aromatic heterocycles. The number of aliphatic imine (C=N–C) groups is 1. The number of nitrogens with one attached hydrogen (secondary N) is 1. The van der Waals surface area contributed by atoms with Gasteiger partial charge in [-0.1, -0.05) is 18.6 Å². The van der Waals surface area contributed by atoms with E-state index in [1.54, 1.807) is 0 Å². The number of guanidine groups is 1. The Labute approximate surface area is 121 Å². The van der Waals surface area contributed by atoms with E-state index in [9.17, 15) is 0 Å². The van der Waals surface area contributed by atoms with Gasteiger partial charge in [0.1, 0.15) is 0 Å². The minimum absolute atomic E-state index is 0.456. The summed E-state index contributed by atoms with van der Waals surface area (Å²) < 4.78 is 1.17. The minimum Gasteiger partial charge on any atom is -0.370 e. The molecule has 1 aromatic carbocycles. The second-order valence-corrected chi connectivity index (χ2v) is 6.52. The van der Waals surface area contributed by atoms with Crippen molar-refractivity contribution < 1.29 is 0 Å². The van der Waals surface area contributed by atoms with Crippen LogP contribution in [0.2, 0.25) is 0 Å². The Hall–Kier alpha value is -0.780. The molecule has 1 aromatic rings. The summed E-state index contributed by atoms with van der Waals surface area (Å²) in [6.07, 6.45) is 5.35. The number of fused-ring (bicyclic) bond motifs is 2. The molecule has 3 rings (SSSR count). The van der Waals surface area contributed by atoms with E-state index in [1.165, 1.54) is 29.3 Å². The molecule has 2 fully saturated rings. The summed E-state index contributed by atoms with van der Waals surface area (Å²) in [5, 5.41) is 3.22. The number of nitrogens with zero attached hydrogens (tertiary/aromatic N) is 1. The lowest BCUT2D eigenvalue weighted by atomic mass is 9.96. The zero-order valence-electron chi connectivity index (χ0n) is 10.3. The Morgan fingerprint density at radius 3 is 2.78 bits per heavy atom. The molecule has 0 radical (unpaired) electrons. The Morgan fingerprint density at radius 2 is 2.11 bits per heavy atom. The Balaban J connectivity index is 1.68. The maximum Gasteiger partial charge on any atom is 0.193 e. The molecule has 96 valence electrons. The summed E-state index contributed by atoms with van der Waals surface area (Å²) in [6, 6.07) is 8.59. The first-order valence-corrected chi connectivity index (χ1v) is 7.65. The van der Waals surface area contributed by atoms with Crippen LogP contribution in [0.4, 0.5) is 5.69 Å². The van der Waals surface area contributed by atoms with Gasteiger partial charge in [0.25, 0.3) is 0 Å². The topological polar surface area (TPSA) is 50.4 Å². The van der Waals surface area contributed by atoms with Crippen LogP contribution in [0.3, 0.4) is 0 Å². The summed E-state index contributed by atoms with van der Waals surface area (Å²) in [7, 11) is 0. The van der Waals surface area contributed by atoms with Crippen LogP contribution in [0.5, 0.6) is 0 Å². The molecule has 0 aliphatic heterocycles. The number of benzene rings is 1. The highest BCUT2D eigenvalue weighted by Crippen LogP contribution is 2.45. The van der Waals surface area contributed by atoms with Crippen molar-refractivity contribution in [2.45, 2.75) is 31.7 Å². The van der Waals surface area contributed by atoms with Gasteiger partial charge in [-0.3, -0.25) is 0 Å². The largest absolute Gasteiger partial charge is 0.370 e. The van der Waals surface area contributed by atoms with Gasteiger partial charge in [-0.15, -0.1) is 0 Å². The van der Waals surface area contributed by atoms with Crippen molar-refractivity contribution in [3.63, 3.8) is 0 Å². The van der Waals surface area contributed by atoms with Crippen LogP contribution in [0.15, 0.2) is 29.3 Å². The van der Waals surface area contributed by atoms with Crippen molar-refractivity contribution in [2.24, 2.45) is 22.6 Å². The van der Waals surface area contributed by atoms with E-state index in [0.29, 0.717) is 12.0 Å². The highest BCUT2D eigenvalue weighted by atomic mass is 127. The van der Waals surface area contributed by atoms with Crippen LogP contribution in [0.1, 0.15) is 25.7 Å². The SMILES string of the molecule is NC(=NC1CC2CCC1C2)Nc1ccccc1I. The molecule has 0 heterocycles. The third-order valence-corrected chi connectivity index (χ3v) is 5.08. The maximum absolute atomic E-state index is 6.02. The van der Waals surface area contributed by atoms with Crippen molar-refractivity contribution in [1.29, 1.82) is 0 Å². The molecular formula is C14H18IN3. The number of halogens is 1. The fourth-order valence-electron chi connectivity index (χ4n) is 3.28. The summed E-state index contributed by atoms with van der Waals surface area (Å²) in [6.45, 7) is 0. The van der Waals surface area contributed by atoms with Gasteiger partial charge in [-0.2, -0.15) is 0 Å². The molecule has 2 aliphatic rings. The van der Waals surface area contributed by atoms with E-state index in [1.807, 2.05) is 18.2 Å². The number of para-hydroxylation sites is 1. The molecule has 2 saturated carbocycles. The molecule has 18 heavy (non-hydrogen) atoms. The zero-order valence-corrected chi connectivity index (χ0v) is 12.4. The van der Waals surface area contributed by atoms with Gasteiger partial charge in [0, 0.05) is 3.57 Å². The predicted molar refractivity (Wildman–Crippen MR) is 83.6 cm³/mol. The first-order chi connectivity index (χ1) is 8.72. The summed E-state index contributed by atoms with van der Waals surface area (Å²) in [5.41, 5.74) is 7.07. The van der Waals surface area contributed by atoms with Crippen molar-refractivity contribution in [3.05, 3.63) is 27.8 Å². The van der Waals surface area contributed by atoms with Crippen LogP contribution >= 0.6 is 22.6 Å². The van der Waals surface area contributed by atoms with E-state index in [-0.39, 0.29) is 0 Å². The third kappa shape index (κ3) is 2.48. The van der Waals surface area contributed by atoms with Crippen LogP contribution in [-0.4, -0.2) is 12.0 Å². The molecule has 2 bridgehead atoms. The first kappa shape index (κ1) is 12.3. The molecule has 2 aliphatic carbocycles. The summed E-state index contributed by atoms with van der Waals surface area (Å²) >= 11 is 2.30. The smallest absolute Gasteiger partial charge is 0.193 e. The van der Waals surface area contributed by atoms with Gasteiger partial charge in [0.15, 0.2) is 5.96 Å². The fraction of sp³-hybridized carbons (Fsp3) is 0.500. The second kappa shape index (κ2) is 5.07. The van der Waals surface area contributed by atoms with Crippen LogP contribution in [-0.2, 0) is 0 Å². The lowest BCUT2D eigenvalue weighted by Gasteiger charge is -2.18. The Morgan fingerprint density at radius 1 is 1.28 bits per heavy atom. The lowest BCUT2D eigenvalue weighted by molar-refractivity contribution is 0.420. The number of rotatable bonds is 2. The maximum atomic E-state index is 6.02. The lowest BCUT2D eigenvalue weighted by Crippen LogP contribution is -2.27. The number of hydrogen-bond donors (Lipinski definition) is 2. The molecule has 3 unspecified atom stereocenters. The van der Waals surface area contributed by atoms with Gasteiger partial charge in [-0.25, -0.2) is 4.99 Å². The zero-order chi connectivity index (χ0) is 12.5. The molecule has 3 nitrogen and oxygen atoms in total. The monoisotopic (exact) mass is 355 g/mol. The van der Waals surface area contributed by atoms with Crippen molar-refractivity contribution >= 4 is 34.2 Å². The van der Waals surface area contributed by atoms with Crippen LogP contribution in [0.25, 0.3) is 0 Å². The van der Waals surface area contributed by atoms with Crippen molar-refractivity contribution in [3.8, 4) is 0 Å². The molecule has 0 spiro atoms. The van der Waals surface area contributed by atoms with E-state index < -0.39 is 0 Å². The average molecular weight is 355 g/mol. The Bertz CT molecular complexity index is 472. The normalized spacial score (nSPS) is 30.7. The molecule has 0 saturated heterocycles. The second-order valence-electron chi connectivity index (χ2n) is 5.36. The van der Waals surface area contributed by atoms with Gasteiger partial charge in [0.2, 0.25) is 0 Å². The number of nitrogens with two attached hydrogens (primary N) is 1. The van der Waals surface area contributed by atoms with Crippen LogP contribution < -0.4 is 11.1 Å². The van der Waals surface area contributed by atoms with Crippen molar-refractivity contribution in [1.82, 2.24) is 0 Å². The summed E-state index contributed by atoms with van der Waals surface area (Å²) in [5.74, 6) is 2.26. The quantitative estimate of drug-likeness (QED) is 0.486. The Kier molecular flexibility index (Phi) is 3.46. The molecule has 3 atom stereocenters. The standard InChI is InChI=1S/C14H18IN3/c15-11-3-1-2-4-12(11)17-14(16)18-13-8-9-5-6-10(13)7-9/h1-4,9-10,13H,5-8H2,(H3,16,17,18). The molecule has 4 heteroatoms. The highest BCUT2D eigenvalue weighted by molar-refractivity contribution is 14.1. The van der Waals surface area contributed by atoms with E-state index in [2.05, 4.69) is 39.0 Å². The summed E-state index contributed by atoms with van der Waals surface area (Å²) in [4.78, 5) is 4.68. The molecule has 3 N–H and O–H groups in total. The van der Waals surface area contributed by atoms with E-state index in [4.69, 9.17) is 5.73 Å². The average Bonchev–Trinajstić information content (AvgIpc) is 2.94. The number of anilines is 1. The third-order valence-electron chi connectivity index (χ3n) is 4.14. The number of hydrogen-bond acceptors (Lipinski definition) is 1. The van der Waals surface area contributed by atoms with Crippen molar-refractivity contribution in [2.75, 3.05) is 5.32 Å². The predicted octanol–water partition coefficient (Wildman–Crippen LogP) is 3.21. The van der Waals surface area contributed by atoms with Gasteiger partial charge in [-0.05, 0) is 65.8 Å². The van der Waals surface area contributed by atoms with E-state index >= 15 is 0 Å². The minimum atomic E-state index is 0.456. The fourth-order valence-corrected chi connectivity index (χ4v) is 3.80. The molecular weight excluding hydrogens is 337 g/mol. The first-order valence-electron chi connectivity index (χ1n) is 6.57. The molecule has 0 amide bonds. The van der Waals surface area contributed by atoms with Crippen LogP contribution in [0, 0.1) is 15.4 Å². The van der Waals surface area contributed by atoms with Gasteiger partial charge >= 0.3 is 0 Å². The van der Waals surface area contributed by atoms with E-state index in [0.717, 1.165) is 17.5 Å².